The van der Waals surface area contributed by atoms with Crippen LogP contribution in [0.2, 0.25) is 0 Å². The maximum Gasteiger partial charge on any atom is 0.254 e. The van der Waals surface area contributed by atoms with E-state index in [-0.39, 0.29) is 18.4 Å². The van der Waals surface area contributed by atoms with Gasteiger partial charge in [0.05, 0.1) is 33.6 Å². The Bertz CT molecular complexity index is 1110. The molecular weight excluding hydrogens is 460 g/mol. The molecule has 0 radical (unpaired) electrons. The lowest BCUT2D eigenvalue weighted by Crippen LogP contribution is -2.44. The van der Waals surface area contributed by atoms with Crippen LogP contribution in [-0.4, -0.2) is 69.2 Å². The predicted octanol–water partition coefficient (Wildman–Crippen LogP) is 3.97. The molecule has 0 fully saturated rings. The number of furan rings is 1. The highest BCUT2D eigenvalue weighted by Crippen LogP contribution is 2.27. The van der Waals surface area contributed by atoms with Crippen molar-refractivity contribution in [3.05, 3.63) is 83.3 Å². The molecule has 0 atom stereocenters. The van der Waals surface area contributed by atoms with Crippen molar-refractivity contribution >= 4 is 11.8 Å². The summed E-state index contributed by atoms with van der Waals surface area (Å²) >= 11 is 0. The van der Waals surface area contributed by atoms with Gasteiger partial charge in [0.15, 0.2) is 11.5 Å². The minimum Gasteiger partial charge on any atom is -0.493 e. The van der Waals surface area contributed by atoms with Gasteiger partial charge in [0.1, 0.15) is 12.3 Å². The maximum absolute atomic E-state index is 13.5. The molecule has 36 heavy (non-hydrogen) atoms. The summed E-state index contributed by atoms with van der Waals surface area (Å²) in [5.74, 6) is 1.56. The largest absolute Gasteiger partial charge is 0.493 e. The monoisotopic (exact) mass is 494 g/mol. The highest BCUT2D eigenvalue weighted by atomic mass is 16.5. The van der Waals surface area contributed by atoms with Gasteiger partial charge in [0, 0.05) is 25.8 Å². The Balaban J connectivity index is 1.76. The number of benzene rings is 2. The summed E-state index contributed by atoms with van der Waals surface area (Å²) < 4.78 is 21.4. The number of nitrogens with zero attached hydrogens (tertiary/aromatic N) is 2. The molecule has 0 aliphatic carbocycles. The first-order valence-corrected chi connectivity index (χ1v) is 11.8. The molecule has 192 valence electrons. The zero-order chi connectivity index (χ0) is 25.9. The van der Waals surface area contributed by atoms with Gasteiger partial charge in [0.25, 0.3) is 5.91 Å². The van der Waals surface area contributed by atoms with E-state index < -0.39 is 0 Å². The fourth-order valence-corrected chi connectivity index (χ4v) is 3.78. The predicted molar refractivity (Wildman–Crippen MR) is 136 cm³/mol. The second-order valence-corrected chi connectivity index (χ2v) is 8.42. The van der Waals surface area contributed by atoms with Gasteiger partial charge in [-0.1, -0.05) is 23.8 Å². The highest BCUT2D eigenvalue weighted by Gasteiger charge is 2.23. The number of hydrogen-bond donors (Lipinski definition) is 0. The van der Waals surface area contributed by atoms with E-state index in [2.05, 4.69) is 0 Å². The summed E-state index contributed by atoms with van der Waals surface area (Å²) in [5, 5.41) is 0. The molecule has 0 saturated heterocycles. The Kier molecular flexibility index (Phi) is 9.94. The van der Waals surface area contributed by atoms with E-state index >= 15 is 0 Å². The average molecular weight is 495 g/mol. The number of amides is 2. The Morgan fingerprint density at radius 2 is 1.64 bits per heavy atom. The molecule has 2 amide bonds. The number of aryl methyl sites for hydroxylation is 1. The second-order valence-electron chi connectivity index (χ2n) is 8.42. The van der Waals surface area contributed by atoms with E-state index in [9.17, 15) is 9.59 Å². The van der Waals surface area contributed by atoms with Gasteiger partial charge in [-0.15, -0.1) is 0 Å². The maximum atomic E-state index is 13.5. The summed E-state index contributed by atoms with van der Waals surface area (Å²) in [6.45, 7) is 3.27. The first-order chi connectivity index (χ1) is 17.4. The third-order valence-electron chi connectivity index (χ3n) is 5.88. The summed E-state index contributed by atoms with van der Waals surface area (Å²) in [4.78, 5) is 29.9. The van der Waals surface area contributed by atoms with Crippen molar-refractivity contribution in [2.24, 2.45) is 0 Å². The smallest absolute Gasteiger partial charge is 0.254 e. The first-order valence-electron chi connectivity index (χ1n) is 11.8. The van der Waals surface area contributed by atoms with Gasteiger partial charge in [-0.25, -0.2) is 0 Å². The highest BCUT2D eigenvalue weighted by molar-refractivity contribution is 5.96. The van der Waals surface area contributed by atoms with Crippen molar-refractivity contribution in [3.8, 4) is 11.5 Å². The van der Waals surface area contributed by atoms with Crippen LogP contribution in [0.5, 0.6) is 11.5 Å². The molecule has 3 aromatic rings. The summed E-state index contributed by atoms with van der Waals surface area (Å²) in [5.41, 5.74) is 2.59. The third kappa shape index (κ3) is 7.36. The van der Waals surface area contributed by atoms with Crippen LogP contribution in [0.15, 0.2) is 65.3 Å². The standard InChI is InChI=1S/C28H34N2O6/c1-21-7-10-23(11-8-21)28(32)30(15-17-33-2)20-27(31)29(19-24-6-5-16-36-24)14-13-22-9-12-25(34-3)26(18-22)35-4/h5-12,16,18H,13-15,17,19-20H2,1-4H3. The fraction of sp³-hybridized carbons (Fsp3) is 0.357. The number of methoxy groups -OCH3 is 3. The molecule has 0 unspecified atom stereocenters. The molecule has 8 heteroatoms. The molecule has 3 rings (SSSR count). The molecule has 0 saturated carbocycles. The van der Waals surface area contributed by atoms with E-state index in [1.165, 1.54) is 4.90 Å². The summed E-state index contributed by atoms with van der Waals surface area (Å²) in [6, 6.07) is 16.6. The lowest BCUT2D eigenvalue weighted by Gasteiger charge is -2.27. The first kappa shape index (κ1) is 26.8. The van der Waals surface area contributed by atoms with Crippen molar-refractivity contribution in [2.45, 2.75) is 19.9 Å². The van der Waals surface area contributed by atoms with Gasteiger partial charge in [0.2, 0.25) is 5.91 Å². The Hall–Kier alpha value is -3.78. The van der Waals surface area contributed by atoms with Crippen LogP contribution >= 0.6 is 0 Å². The van der Waals surface area contributed by atoms with Crippen molar-refractivity contribution in [1.82, 2.24) is 9.80 Å². The van der Waals surface area contributed by atoms with Gasteiger partial charge < -0.3 is 28.4 Å². The van der Waals surface area contributed by atoms with Crippen LogP contribution in [0.25, 0.3) is 0 Å². The van der Waals surface area contributed by atoms with Gasteiger partial charge in [-0.2, -0.15) is 0 Å². The van der Waals surface area contributed by atoms with Crippen molar-refractivity contribution in [2.75, 3.05) is 47.6 Å². The number of hydrogen-bond acceptors (Lipinski definition) is 6. The van der Waals surface area contributed by atoms with Crippen LogP contribution in [0.4, 0.5) is 0 Å². The minimum absolute atomic E-state index is 0.0668. The molecular formula is C28H34N2O6. The number of carbonyl (C=O) groups is 2. The minimum atomic E-state index is -0.210. The van der Waals surface area contributed by atoms with E-state index in [4.69, 9.17) is 18.6 Å². The number of ether oxygens (including phenoxy) is 3. The van der Waals surface area contributed by atoms with E-state index in [0.29, 0.717) is 55.5 Å². The Labute approximate surface area is 212 Å². The Morgan fingerprint density at radius 1 is 0.889 bits per heavy atom. The SMILES string of the molecule is COCCN(CC(=O)N(CCc1ccc(OC)c(OC)c1)Cc1ccco1)C(=O)c1ccc(C)cc1. The molecule has 2 aromatic carbocycles. The molecule has 0 aliphatic rings. The quantitative estimate of drug-likeness (QED) is 0.358. The second kappa shape index (κ2) is 13.3. The summed E-state index contributed by atoms with van der Waals surface area (Å²) in [6.07, 6.45) is 2.18. The third-order valence-corrected chi connectivity index (χ3v) is 5.88. The van der Waals surface area contributed by atoms with Crippen LogP contribution < -0.4 is 9.47 Å². The molecule has 0 bridgehead atoms. The van der Waals surface area contributed by atoms with E-state index in [1.807, 2.05) is 43.3 Å². The van der Waals surface area contributed by atoms with Crippen molar-refractivity contribution < 1.29 is 28.2 Å². The topological polar surface area (TPSA) is 81.5 Å². The lowest BCUT2D eigenvalue weighted by atomic mass is 10.1. The summed E-state index contributed by atoms with van der Waals surface area (Å²) in [7, 11) is 4.76. The zero-order valence-electron chi connectivity index (χ0n) is 21.4. The molecule has 0 spiro atoms. The van der Waals surface area contributed by atoms with E-state index in [0.717, 1.165) is 11.1 Å². The van der Waals surface area contributed by atoms with Gasteiger partial charge in [-0.05, 0) is 55.3 Å². The fourth-order valence-electron chi connectivity index (χ4n) is 3.78. The van der Waals surface area contributed by atoms with Gasteiger partial charge >= 0.3 is 0 Å². The van der Waals surface area contributed by atoms with Crippen molar-refractivity contribution in [1.29, 1.82) is 0 Å². The molecule has 1 heterocycles. The van der Waals surface area contributed by atoms with E-state index in [1.54, 1.807) is 50.7 Å². The molecule has 0 aliphatic heterocycles. The molecule has 8 nitrogen and oxygen atoms in total. The number of rotatable bonds is 13. The van der Waals surface area contributed by atoms with Gasteiger partial charge in [-0.3, -0.25) is 9.59 Å². The average Bonchev–Trinajstić information content (AvgIpc) is 3.41. The molecule has 1 aromatic heterocycles. The normalized spacial score (nSPS) is 10.7. The van der Waals surface area contributed by atoms with Crippen LogP contribution in [0.1, 0.15) is 27.2 Å². The Morgan fingerprint density at radius 3 is 2.28 bits per heavy atom. The zero-order valence-corrected chi connectivity index (χ0v) is 21.4. The van der Waals surface area contributed by atoms with Crippen LogP contribution in [0.3, 0.4) is 0 Å². The van der Waals surface area contributed by atoms with Crippen LogP contribution in [-0.2, 0) is 22.5 Å². The van der Waals surface area contributed by atoms with Crippen molar-refractivity contribution in [3.63, 3.8) is 0 Å². The lowest BCUT2D eigenvalue weighted by molar-refractivity contribution is -0.132. The van der Waals surface area contributed by atoms with Crippen LogP contribution in [0, 0.1) is 6.92 Å². The molecule has 0 N–H and O–H groups in total. The number of carbonyl (C=O) groups excluding carboxylic acids is 2.